The zero-order chi connectivity index (χ0) is 19.0. The molecule has 4 nitrogen and oxygen atoms in total. The maximum absolute atomic E-state index is 13.9. The van der Waals surface area contributed by atoms with Gasteiger partial charge in [0.25, 0.3) is 0 Å². The molecule has 0 spiro atoms. The van der Waals surface area contributed by atoms with Gasteiger partial charge in [-0.15, -0.1) is 0 Å². The fourth-order valence-electron chi connectivity index (χ4n) is 3.39. The zero-order valence-corrected chi connectivity index (χ0v) is 14.2. The molecule has 0 bridgehead atoms. The molecule has 2 aromatic carbocycles. The molecule has 0 saturated carbocycles. The van der Waals surface area contributed by atoms with Crippen molar-refractivity contribution in [3.63, 3.8) is 0 Å². The number of urea groups is 1. The van der Waals surface area contributed by atoms with Crippen molar-refractivity contribution in [1.29, 1.82) is 0 Å². The van der Waals surface area contributed by atoms with E-state index in [9.17, 15) is 18.0 Å². The highest BCUT2D eigenvalue weighted by Crippen LogP contribution is 2.33. The van der Waals surface area contributed by atoms with E-state index in [1.807, 2.05) is 22.9 Å². The molecule has 1 aliphatic rings. The highest BCUT2D eigenvalue weighted by atomic mass is 19.1. The Morgan fingerprint density at radius 2 is 1.63 bits per heavy atom. The Morgan fingerprint density at radius 1 is 0.926 bits per heavy atom. The number of rotatable bonds is 2. The van der Waals surface area contributed by atoms with E-state index in [4.69, 9.17) is 0 Å². The predicted molar refractivity (Wildman–Crippen MR) is 94.8 cm³/mol. The van der Waals surface area contributed by atoms with Crippen LogP contribution < -0.4 is 5.32 Å². The molecule has 2 amide bonds. The first-order valence-electron chi connectivity index (χ1n) is 8.47. The quantitative estimate of drug-likeness (QED) is 0.705. The van der Waals surface area contributed by atoms with Gasteiger partial charge in [-0.1, -0.05) is 18.2 Å². The second-order valence-electron chi connectivity index (χ2n) is 6.30. The molecule has 27 heavy (non-hydrogen) atoms. The summed E-state index contributed by atoms with van der Waals surface area (Å²) in [6.45, 7) is 0.888. The van der Waals surface area contributed by atoms with E-state index >= 15 is 0 Å². The average molecular weight is 371 g/mol. The SMILES string of the molecule is O=C(Nc1c(F)cccc1F)N1CCn2cccc2C1c1ccc(F)cc1. The van der Waals surface area contributed by atoms with E-state index in [1.54, 1.807) is 12.1 Å². The van der Waals surface area contributed by atoms with Crippen LogP contribution in [0, 0.1) is 17.5 Å². The summed E-state index contributed by atoms with van der Waals surface area (Å²) >= 11 is 0. The van der Waals surface area contributed by atoms with E-state index in [1.165, 1.54) is 23.1 Å². The van der Waals surface area contributed by atoms with Crippen LogP contribution in [0.2, 0.25) is 0 Å². The van der Waals surface area contributed by atoms with Crippen molar-refractivity contribution in [3.05, 3.63) is 89.5 Å². The summed E-state index contributed by atoms with van der Waals surface area (Å²) in [5.41, 5.74) is 1.07. The van der Waals surface area contributed by atoms with Crippen molar-refractivity contribution in [2.75, 3.05) is 11.9 Å². The predicted octanol–water partition coefficient (Wildman–Crippen LogP) is 4.54. The lowest BCUT2D eigenvalue weighted by Crippen LogP contribution is -2.44. The first-order valence-corrected chi connectivity index (χ1v) is 8.47. The highest BCUT2D eigenvalue weighted by Gasteiger charge is 2.32. The molecule has 0 fully saturated rings. The first-order chi connectivity index (χ1) is 13.0. The Bertz CT molecular complexity index is 964. The molecule has 1 aliphatic heterocycles. The van der Waals surface area contributed by atoms with E-state index in [-0.39, 0.29) is 5.82 Å². The lowest BCUT2D eigenvalue weighted by Gasteiger charge is -2.37. The smallest absolute Gasteiger partial charge is 0.322 e. The van der Waals surface area contributed by atoms with Crippen LogP contribution in [-0.2, 0) is 6.54 Å². The monoisotopic (exact) mass is 371 g/mol. The van der Waals surface area contributed by atoms with Gasteiger partial charge in [0.05, 0.1) is 6.04 Å². The number of benzene rings is 2. The van der Waals surface area contributed by atoms with E-state index in [0.29, 0.717) is 18.7 Å². The molecule has 138 valence electrons. The maximum Gasteiger partial charge on any atom is 0.322 e. The van der Waals surface area contributed by atoms with Crippen LogP contribution in [-0.4, -0.2) is 22.0 Å². The minimum absolute atomic E-state index is 0.339. The van der Waals surface area contributed by atoms with Crippen LogP contribution in [0.3, 0.4) is 0 Å². The molecular weight excluding hydrogens is 355 g/mol. The Hall–Kier alpha value is -3.22. The summed E-state index contributed by atoms with van der Waals surface area (Å²) in [6, 6.07) is 11.9. The van der Waals surface area contributed by atoms with Gasteiger partial charge in [0.1, 0.15) is 23.1 Å². The summed E-state index contributed by atoms with van der Waals surface area (Å²) in [5.74, 6) is -2.07. The number of nitrogens with one attached hydrogen (secondary N) is 1. The second kappa shape index (κ2) is 6.83. The minimum atomic E-state index is -0.845. The zero-order valence-electron chi connectivity index (χ0n) is 14.2. The fraction of sp³-hybridized carbons (Fsp3) is 0.150. The number of amides is 2. The van der Waals surface area contributed by atoms with Crippen LogP contribution in [0.5, 0.6) is 0 Å². The van der Waals surface area contributed by atoms with Crippen molar-refractivity contribution in [3.8, 4) is 0 Å². The Kier molecular flexibility index (Phi) is 4.35. The van der Waals surface area contributed by atoms with E-state index < -0.39 is 29.4 Å². The van der Waals surface area contributed by atoms with Crippen molar-refractivity contribution in [2.24, 2.45) is 0 Å². The van der Waals surface area contributed by atoms with Gasteiger partial charge in [0.2, 0.25) is 0 Å². The molecule has 3 aromatic rings. The number of hydrogen-bond donors (Lipinski definition) is 1. The van der Waals surface area contributed by atoms with Crippen molar-refractivity contribution < 1.29 is 18.0 Å². The molecule has 0 radical (unpaired) electrons. The van der Waals surface area contributed by atoms with Gasteiger partial charge < -0.3 is 14.8 Å². The molecule has 4 rings (SSSR count). The third-order valence-corrected chi connectivity index (χ3v) is 4.68. The normalized spacial score (nSPS) is 16.1. The van der Waals surface area contributed by atoms with Crippen molar-refractivity contribution >= 4 is 11.7 Å². The van der Waals surface area contributed by atoms with Crippen LogP contribution in [0.1, 0.15) is 17.3 Å². The third kappa shape index (κ3) is 3.16. The van der Waals surface area contributed by atoms with E-state index in [2.05, 4.69) is 5.32 Å². The molecule has 7 heteroatoms. The lowest BCUT2D eigenvalue weighted by atomic mass is 10.0. The number of aromatic nitrogens is 1. The molecule has 2 heterocycles. The molecule has 1 N–H and O–H groups in total. The van der Waals surface area contributed by atoms with Crippen molar-refractivity contribution in [1.82, 2.24) is 9.47 Å². The largest absolute Gasteiger partial charge is 0.348 e. The average Bonchev–Trinajstić information content (AvgIpc) is 3.13. The lowest BCUT2D eigenvalue weighted by molar-refractivity contribution is 0.181. The van der Waals surface area contributed by atoms with E-state index in [0.717, 1.165) is 17.8 Å². The fourth-order valence-corrected chi connectivity index (χ4v) is 3.39. The summed E-state index contributed by atoms with van der Waals surface area (Å²) < 4.78 is 43.2. The number of nitrogens with zero attached hydrogens (tertiary/aromatic N) is 2. The minimum Gasteiger partial charge on any atom is -0.348 e. The number of hydrogen-bond acceptors (Lipinski definition) is 1. The third-order valence-electron chi connectivity index (χ3n) is 4.68. The second-order valence-corrected chi connectivity index (χ2v) is 6.30. The molecule has 0 aliphatic carbocycles. The molecule has 0 saturated heterocycles. The number of fused-ring (bicyclic) bond motifs is 1. The molecule has 1 atom stereocenters. The highest BCUT2D eigenvalue weighted by molar-refractivity contribution is 5.90. The van der Waals surface area contributed by atoms with Crippen LogP contribution >= 0.6 is 0 Å². The van der Waals surface area contributed by atoms with Crippen molar-refractivity contribution in [2.45, 2.75) is 12.6 Å². The van der Waals surface area contributed by atoms with Crippen LogP contribution in [0.15, 0.2) is 60.8 Å². The maximum atomic E-state index is 13.9. The van der Waals surface area contributed by atoms with Gasteiger partial charge in [-0.2, -0.15) is 0 Å². The van der Waals surface area contributed by atoms with Gasteiger partial charge in [0, 0.05) is 25.0 Å². The van der Waals surface area contributed by atoms with Gasteiger partial charge in [-0.3, -0.25) is 0 Å². The van der Waals surface area contributed by atoms with Gasteiger partial charge in [0.15, 0.2) is 0 Å². The molecule has 1 aromatic heterocycles. The van der Waals surface area contributed by atoms with Crippen LogP contribution in [0.25, 0.3) is 0 Å². The number of halogens is 3. The number of anilines is 1. The summed E-state index contributed by atoms with van der Waals surface area (Å²) in [6.07, 6.45) is 1.90. The summed E-state index contributed by atoms with van der Waals surface area (Å²) in [5, 5.41) is 2.34. The summed E-state index contributed by atoms with van der Waals surface area (Å²) in [7, 11) is 0. The van der Waals surface area contributed by atoms with Gasteiger partial charge in [-0.25, -0.2) is 18.0 Å². The topological polar surface area (TPSA) is 37.3 Å². The number of para-hydroxylation sites is 1. The number of carbonyl (C=O) groups excluding carboxylic acids is 1. The summed E-state index contributed by atoms with van der Waals surface area (Å²) in [4.78, 5) is 14.3. The van der Waals surface area contributed by atoms with Gasteiger partial charge >= 0.3 is 6.03 Å². The Morgan fingerprint density at radius 3 is 2.33 bits per heavy atom. The van der Waals surface area contributed by atoms with Crippen LogP contribution in [0.4, 0.5) is 23.7 Å². The molecular formula is C20H16F3N3O. The Balaban J connectivity index is 1.70. The standard InChI is InChI=1S/C20H16F3N3O/c21-14-8-6-13(7-9-14)19-17-5-2-10-25(17)11-12-26(19)20(27)24-18-15(22)3-1-4-16(18)23/h1-10,19H,11-12H2,(H,24,27). The van der Waals surface area contributed by atoms with Gasteiger partial charge in [-0.05, 0) is 42.0 Å². The number of carbonyl (C=O) groups is 1. The Labute approximate surface area is 153 Å². The molecule has 1 unspecified atom stereocenters. The first kappa shape index (κ1) is 17.2.